The molecule has 144 valence electrons. The van der Waals surface area contributed by atoms with Gasteiger partial charge in [-0.25, -0.2) is 9.37 Å². The lowest BCUT2D eigenvalue weighted by Gasteiger charge is -2.10. The second-order valence-corrected chi connectivity index (χ2v) is 6.67. The highest BCUT2D eigenvalue weighted by Crippen LogP contribution is 2.44. The minimum atomic E-state index is -3.66. The van der Waals surface area contributed by atoms with Gasteiger partial charge in [0.2, 0.25) is 0 Å². The number of aryl methyl sites for hydroxylation is 1. The molecular formula is C20H14ClF3N2O2. The number of fused-ring (bicyclic) bond motifs is 1. The smallest absolute Gasteiger partial charge is 0.395 e. The molecule has 0 aliphatic carbocycles. The summed E-state index contributed by atoms with van der Waals surface area (Å²) in [6.45, 7) is 1.96. The highest BCUT2D eigenvalue weighted by molar-refractivity contribution is 6.31. The average molecular weight is 407 g/mol. The van der Waals surface area contributed by atoms with Crippen LogP contribution in [0.1, 0.15) is 11.1 Å². The molecule has 4 nitrogen and oxygen atoms in total. The molecule has 2 heterocycles. The van der Waals surface area contributed by atoms with Gasteiger partial charge in [-0.1, -0.05) is 17.7 Å². The molecule has 1 aliphatic rings. The number of nitrogens with one attached hydrogen (secondary N) is 1. The second kappa shape index (κ2) is 6.91. The van der Waals surface area contributed by atoms with Gasteiger partial charge in [-0.3, -0.25) is 0 Å². The largest absolute Gasteiger partial charge is 0.586 e. The molecule has 1 aromatic heterocycles. The Balaban J connectivity index is 1.53. The van der Waals surface area contributed by atoms with Gasteiger partial charge in [-0.2, -0.15) is 0 Å². The van der Waals surface area contributed by atoms with Crippen LogP contribution in [0.4, 0.5) is 19.0 Å². The monoisotopic (exact) mass is 406 g/mol. The zero-order valence-electron chi connectivity index (χ0n) is 14.6. The summed E-state index contributed by atoms with van der Waals surface area (Å²) in [5.41, 5.74) is 2.49. The normalized spacial score (nSPS) is 14.2. The molecule has 4 rings (SSSR count). The molecule has 0 amide bonds. The maximum atomic E-state index is 13.8. The number of pyridine rings is 1. The molecule has 3 aromatic rings. The predicted octanol–water partition coefficient (Wildman–Crippen LogP) is 5.78. The minimum absolute atomic E-state index is 0.000683. The van der Waals surface area contributed by atoms with Gasteiger partial charge >= 0.3 is 6.29 Å². The third-order valence-corrected chi connectivity index (χ3v) is 4.68. The van der Waals surface area contributed by atoms with Gasteiger partial charge in [-0.15, -0.1) is 8.78 Å². The maximum absolute atomic E-state index is 13.8. The van der Waals surface area contributed by atoms with Crippen molar-refractivity contribution in [2.75, 3.05) is 5.32 Å². The Morgan fingerprint density at radius 1 is 1.11 bits per heavy atom. The molecule has 0 unspecified atom stereocenters. The van der Waals surface area contributed by atoms with E-state index in [0.29, 0.717) is 27.5 Å². The number of benzene rings is 2. The van der Waals surface area contributed by atoms with E-state index in [9.17, 15) is 13.2 Å². The number of anilines is 1. The number of halogens is 4. The summed E-state index contributed by atoms with van der Waals surface area (Å²) in [6.07, 6.45) is -2.07. The molecule has 8 heteroatoms. The molecule has 0 saturated carbocycles. The van der Waals surface area contributed by atoms with E-state index in [2.05, 4.69) is 19.8 Å². The molecule has 0 bridgehead atoms. The predicted molar refractivity (Wildman–Crippen MR) is 99.3 cm³/mol. The van der Waals surface area contributed by atoms with E-state index in [1.54, 1.807) is 31.3 Å². The quantitative estimate of drug-likeness (QED) is 0.596. The van der Waals surface area contributed by atoms with E-state index < -0.39 is 12.1 Å². The van der Waals surface area contributed by atoms with Crippen molar-refractivity contribution in [1.29, 1.82) is 0 Å². The third kappa shape index (κ3) is 3.57. The van der Waals surface area contributed by atoms with Crippen molar-refractivity contribution in [3.05, 3.63) is 70.6 Å². The molecule has 1 N–H and O–H groups in total. The molecule has 0 atom stereocenters. The molecule has 0 radical (unpaired) electrons. The van der Waals surface area contributed by atoms with Crippen molar-refractivity contribution in [2.45, 2.75) is 19.8 Å². The van der Waals surface area contributed by atoms with Crippen LogP contribution in [-0.2, 0) is 6.54 Å². The van der Waals surface area contributed by atoms with Gasteiger partial charge in [-0.05, 0) is 54.4 Å². The molecule has 1 aliphatic heterocycles. The van der Waals surface area contributed by atoms with Crippen LogP contribution in [0.25, 0.3) is 11.1 Å². The van der Waals surface area contributed by atoms with E-state index in [-0.39, 0.29) is 18.0 Å². The number of nitrogens with zero attached hydrogens (tertiary/aromatic N) is 1. The third-order valence-electron chi connectivity index (χ3n) is 4.33. The van der Waals surface area contributed by atoms with Crippen LogP contribution in [0.2, 0.25) is 5.02 Å². The first kappa shape index (κ1) is 18.4. The average Bonchev–Trinajstić information content (AvgIpc) is 2.94. The Bertz CT molecular complexity index is 1020. The number of rotatable bonds is 4. The summed E-state index contributed by atoms with van der Waals surface area (Å²) >= 11 is 6.01. The van der Waals surface area contributed by atoms with Crippen LogP contribution >= 0.6 is 11.6 Å². The fourth-order valence-corrected chi connectivity index (χ4v) is 3.18. The lowest BCUT2D eigenvalue weighted by Crippen LogP contribution is -2.25. The van der Waals surface area contributed by atoms with E-state index in [4.69, 9.17) is 11.6 Å². The van der Waals surface area contributed by atoms with Crippen molar-refractivity contribution in [3.8, 4) is 22.6 Å². The van der Waals surface area contributed by atoms with Gasteiger partial charge < -0.3 is 14.8 Å². The van der Waals surface area contributed by atoms with Gasteiger partial charge in [0, 0.05) is 28.9 Å². The fraction of sp³-hybridized carbons (Fsp3) is 0.150. The van der Waals surface area contributed by atoms with E-state index >= 15 is 0 Å². The SMILES string of the molecule is Cc1cc2c(cc1-c1ccc(NCc3c(F)cccc3Cl)nc1)OC(F)(F)O2. The lowest BCUT2D eigenvalue weighted by molar-refractivity contribution is -0.286. The van der Waals surface area contributed by atoms with Gasteiger partial charge in [0.25, 0.3) is 0 Å². The van der Waals surface area contributed by atoms with Crippen molar-refractivity contribution in [1.82, 2.24) is 4.98 Å². The van der Waals surface area contributed by atoms with Crippen LogP contribution in [0.5, 0.6) is 11.5 Å². The van der Waals surface area contributed by atoms with Crippen LogP contribution in [0.15, 0.2) is 48.7 Å². The van der Waals surface area contributed by atoms with E-state index in [0.717, 1.165) is 5.56 Å². The van der Waals surface area contributed by atoms with Crippen LogP contribution in [0, 0.1) is 12.7 Å². The number of aromatic nitrogens is 1. The number of ether oxygens (including phenoxy) is 2. The molecule has 2 aromatic carbocycles. The standard InChI is InChI=1S/C20H14ClF3N2O2/c1-11-7-17-18(28-20(23,24)27-17)8-13(11)12-5-6-19(25-9-12)26-10-14-15(21)3-2-4-16(14)22/h2-9H,10H2,1H3,(H,25,26). The number of alkyl halides is 2. The lowest BCUT2D eigenvalue weighted by atomic mass is 10.0. The van der Waals surface area contributed by atoms with Crippen LogP contribution in [-0.4, -0.2) is 11.3 Å². The summed E-state index contributed by atoms with van der Waals surface area (Å²) in [6, 6.07) is 11.0. The van der Waals surface area contributed by atoms with Gasteiger partial charge in [0.05, 0.1) is 0 Å². The second-order valence-electron chi connectivity index (χ2n) is 6.27. The Labute approximate surface area is 163 Å². The zero-order chi connectivity index (χ0) is 19.9. The van der Waals surface area contributed by atoms with E-state index in [1.165, 1.54) is 24.3 Å². The molecule has 0 spiro atoms. The minimum Gasteiger partial charge on any atom is -0.395 e. The van der Waals surface area contributed by atoms with E-state index in [1.807, 2.05) is 0 Å². The Morgan fingerprint density at radius 2 is 1.86 bits per heavy atom. The highest BCUT2D eigenvalue weighted by Gasteiger charge is 2.43. The summed E-state index contributed by atoms with van der Waals surface area (Å²) < 4.78 is 49.3. The topological polar surface area (TPSA) is 43.4 Å². The summed E-state index contributed by atoms with van der Waals surface area (Å²) in [5, 5.41) is 3.34. The first-order valence-corrected chi connectivity index (χ1v) is 8.74. The molecular weight excluding hydrogens is 393 g/mol. The molecule has 0 fully saturated rings. The summed E-state index contributed by atoms with van der Waals surface area (Å²) in [4.78, 5) is 4.30. The number of hydrogen-bond acceptors (Lipinski definition) is 4. The summed E-state index contributed by atoms with van der Waals surface area (Å²) in [7, 11) is 0. The number of hydrogen-bond donors (Lipinski definition) is 1. The highest BCUT2D eigenvalue weighted by atomic mass is 35.5. The Morgan fingerprint density at radius 3 is 2.54 bits per heavy atom. The van der Waals surface area contributed by atoms with Crippen molar-refractivity contribution >= 4 is 17.4 Å². The zero-order valence-corrected chi connectivity index (χ0v) is 15.4. The van der Waals surface area contributed by atoms with Crippen LogP contribution < -0.4 is 14.8 Å². The van der Waals surface area contributed by atoms with Crippen molar-refractivity contribution in [3.63, 3.8) is 0 Å². The molecule has 0 saturated heterocycles. The Hall–Kier alpha value is -2.93. The summed E-state index contributed by atoms with van der Waals surface area (Å²) in [5.74, 6) is 0.0960. The first-order valence-electron chi connectivity index (χ1n) is 8.36. The first-order chi connectivity index (χ1) is 13.3. The van der Waals surface area contributed by atoms with Gasteiger partial charge in [0.15, 0.2) is 11.5 Å². The van der Waals surface area contributed by atoms with Gasteiger partial charge in [0.1, 0.15) is 11.6 Å². The van der Waals surface area contributed by atoms with Crippen LogP contribution in [0.3, 0.4) is 0 Å². The van der Waals surface area contributed by atoms with Crippen molar-refractivity contribution < 1.29 is 22.6 Å². The fourth-order valence-electron chi connectivity index (χ4n) is 2.95. The maximum Gasteiger partial charge on any atom is 0.586 e. The molecule has 28 heavy (non-hydrogen) atoms. The Kier molecular flexibility index (Phi) is 4.55. The van der Waals surface area contributed by atoms with Crippen molar-refractivity contribution in [2.24, 2.45) is 0 Å².